The molecule has 64 valence electrons. The molecule has 0 spiro atoms. The topological polar surface area (TPSA) is 20.2 Å². The van der Waals surface area contributed by atoms with Crippen LogP contribution in [0.1, 0.15) is 44.9 Å². The maximum atomic E-state index is 9.34. The van der Waals surface area contributed by atoms with Gasteiger partial charge in [0.1, 0.15) is 0 Å². The van der Waals surface area contributed by atoms with Crippen LogP contribution in [-0.4, -0.2) is 11.2 Å². The second-order valence-electron chi connectivity index (χ2n) is 3.34. The third kappa shape index (κ3) is 4.20. The molecule has 1 aliphatic rings. The molecule has 0 aromatic carbocycles. The van der Waals surface area contributed by atoms with Gasteiger partial charge in [0.2, 0.25) is 0 Å². The van der Waals surface area contributed by atoms with Crippen molar-refractivity contribution in [1.82, 2.24) is 0 Å². The molecule has 1 atom stereocenters. The summed E-state index contributed by atoms with van der Waals surface area (Å²) in [7, 11) is 0. The number of rotatable bonds is 0. The average molecular weight is 154 g/mol. The molecule has 0 aromatic heterocycles. The van der Waals surface area contributed by atoms with Crippen LogP contribution in [0.4, 0.5) is 0 Å². The van der Waals surface area contributed by atoms with Crippen LogP contribution in [0.5, 0.6) is 0 Å². The summed E-state index contributed by atoms with van der Waals surface area (Å²) in [5.74, 6) is 0. The number of aliphatic hydroxyl groups is 1. The number of allylic oxidation sites excluding steroid dienone is 1. The zero-order valence-electron chi connectivity index (χ0n) is 7.13. The van der Waals surface area contributed by atoms with E-state index in [-0.39, 0.29) is 6.10 Å². The molecule has 0 aromatic rings. The summed E-state index contributed by atoms with van der Waals surface area (Å²) >= 11 is 0. The molecule has 0 fully saturated rings. The molecule has 0 bridgehead atoms. The Balaban J connectivity index is 2.26. The van der Waals surface area contributed by atoms with E-state index in [1.807, 2.05) is 6.08 Å². The third-order valence-electron chi connectivity index (χ3n) is 2.23. The van der Waals surface area contributed by atoms with E-state index >= 15 is 0 Å². The van der Waals surface area contributed by atoms with Crippen molar-refractivity contribution in [2.24, 2.45) is 0 Å². The van der Waals surface area contributed by atoms with Crippen LogP contribution in [0.3, 0.4) is 0 Å². The van der Waals surface area contributed by atoms with Crippen LogP contribution in [0.25, 0.3) is 0 Å². The highest BCUT2D eigenvalue weighted by molar-refractivity contribution is 4.88. The lowest BCUT2D eigenvalue weighted by Crippen LogP contribution is -2.02. The second-order valence-corrected chi connectivity index (χ2v) is 3.34. The van der Waals surface area contributed by atoms with Crippen molar-refractivity contribution in [2.75, 3.05) is 0 Å². The maximum absolute atomic E-state index is 9.34. The Morgan fingerprint density at radius 2 is 1.73 bits per heavy atom. The molecule has 1 unspecified atom stereocenters. The second kappa shape index (κ2) is 5.36. The fraction of sp³-hybridized carbons (Fsp3) is 0.800. The van der Waals surface area contributed by atoms with Gasteiger partial charge in [0.25, 0.3) is 0 Å². The van der Waals surface area contributed by atoms with Gasteiger partial charge in [-0.2, -0.15) is 0 Å². The van der Waals surface area contributed by atoms with Gasteiger partial charge < -0.3 is 5.11 Å². The van der Waals surface area contributed by atoms with E-state index in [0.717, 1.165) is 12.8 Å². The summed E-state index contributed by atoms with van der Waals surface area (Å²) in [6.45, 7) is 0. The van der Waals surface area contributed by atoms with Gasteiger partial charge >= 0.3 is 0 Å². The van der Waals surface area contributed by atoms with Crippen molar-refractivity contribution in [2.45, 2.75) is 51.0 Å². The first-order valence-electron chi connectivity index (χ1n) is 4.74. The largest absolute Gasteiger partial charge is 0.389 e. The highest BCUT2D eigenvalue weighted by Crippen LogP contribution is 2.12. The van der Waals surface area contributed by atoms with E-state index in [1.54, 1.807) is 0 Å². The summed E-state index contributed by atoms with van der Waals surface area (Å²) in [6, 6.07) is 0. The predicted molar refractivity (Wildman–Crippen MR) is 47.5 cm³/mol. The molecule has 1 aliphatic carbocycles. The molecule has 1 rings (SSSR count). The van der Waals surface area contributed by atoms with Gasteiger partial charge in [-0.05, 0) is 19.3 Å². The number of aliphatic hydroxyl groups excluding tert-OH is 1. The van der Waals surface area contributed by atoms with E-state index in [4.69, 9.17) is 0 Å². The van der Waals surface area contributed by atoms with Gasteiger partial charge in [-0.3, -0.25) is 0 Å². The van der Waals surface area contributed by atoms with Gasteiger partial charge in [-0.15, -0.1) is 0 Å². The Hall–Kier alpha value is -0.300. The minimum atomic E-state index is -0.173. The molecular weight excluding hydrogens is 136 g/mol. The maximum Gasteiger partial charge on any atom is 0.0720 e. The van der Waals surface area contributed by atoms with Crippen LogP contribution >= 0.6 is 0 Å². The average Bonchev–Trinajstić information content (AvgIpc) is 2.03. The van der Waals surface area contributed by atoms with Crippen molar-refractivity contribution >= 4 is 0 Å². The molecule has 0 amide bonds. The van der Waals surface area contributed by atoms with Gasteiger partial charge in [-0.1, -0.05) is 37.8 Å². The Kier molecular flexibility index (Phi) is 4.29. The molecule has 0 saturated heterocycles. The smallest absolute Gasteiger partial charge is 0.0720 e. The first-order chi connectivity index (χ1) is 5.39. The lowest BCUT2D eigenvalue weighted by Gasteiger charge is -2.07. The predicted octanol–water partition coefficient (Wildman–Crippen LogP) is 2.65. The molecule has 11 heavy (non-hydrogen) atoms. The van der Waals surface area contributed by atoms with E-state index in [0.29, 0.717) is 0 Å². The van der Waals surface area contributed by atoms with E-state index in [1.165, 1.54) is 32.1 Å². The van der Waals surface area contributed by atoms with Crippen LogP contribution in [0.2, 0.25) is 0 Å². The first-order valence-corrected chi connectivity index (χ1v) is 4.74. The molecule has 1 heteroatoms. The Bertz CT molecular complexity index is 118. The van der Waals surface area contributed by atoms with Crippen molar-refractivity contribution in [3.05, 3.63) is 12.2 Å². The highest BCUT2D eigenvalue weighted by Gasteiger charge is 1.99. The minimum Gasteiger partial charge on any atom is -0.389 e. The van der Waals surface area contributed by atoms with Gasteiger partial charge in [0.05, 0.1) is 6.10 Å². The van der Waals surface area contributed by atoms with Crippen molar-refractivity contribution in [1.29, 1.82) is 0 Å². The van der Waals surface area contributed by atoms with E-state index < -0.39 is 0 Å². The minimum absolute atomic E-state index is 0.173. The summed E-state index contributed by atoms with van der Waals surface area (Å²) in [4.78, 5) is 0. The van der Waals surface area contributed by atoms with Gasteiger partial charge in [-0.25, -0.2) is 0 Å². The zero-order chi connectivity index (χ0) is 7.94. The Morgan fingerprint density at radius 1 is 1.00 bits per heavy atom. The molecule has 1 N–H and O–H groups in total. The first kappa shape index (κ1) is 8.79. The summed E-state index contributed by atoms with van der Waals surface area (Å²) < 4.78 is 0. The van der Waals surface area contributed by atoms with Crippen LogP contribution in [-0.2, 0) is 0 Å². The van der Waals surface area contributed by atoms with Crippen molar-refractivity contribution in [3.63, 3.8) is 0 Å². The lowest BCUT2D eigenvalue weighted by molar-refractivity contribution is 0.207. The summed E-state index contributed by atoms with van der Waals surface area (Å²) in [6.07, 6.45) is 12.5. The number of hydrogen-bond acceptors (Lipinski definition) is 1. The van der Waals surface area contributed by atoms with Gasteiger partial charge in [0, 0.05) is 0 Å². The van der Waals surface area contributed by atoms with Crippen molar-refractivity contribution in [3.8, 4) is 0 Å². The lowest BCUT2D eigenvalue weighted by atomic mass is 10.0. The monoisotopic (exact) mass is 154 g/mol. The zero-order valence-corrected chi connectivity index (χ0v) is 7.13. The molecule has 1 nitrogen and oxygen atoms in total. The van der Waals surface area contributed by atoms with E-state index in [9.17, 15) is 5.11 Å². The molecule has 0 radical (unpaired) electrons. The summed E-state index contributed by atoms with van der Waals surface area (Å²) in [5, 5.41) is 9.34. The molecule has 0 heterocycles. The van der Waals surface area contributed by atoms with Crippen molar-refractivity contribution < 1.29 is 5.11 Å². The SMILES string of the molecule is OC1/C=C/CCCCCCC1. The van der Waals surface area contributed by atoms with Crippen LogP contribution < -0.4 is 0 Å². The van der Waals surface area contributed by atoms with E-state index in [2.05, 4.69) is 6.08 Å². The van der Waals surface area contributed by atoms with Gasteiger partial charge in [0.15, 0.2) is 0 Å². The highest BCUT2D eigenvalue weighted by atomic mass is 16.3. The molecule has 0 aliphatic heterocycles. The standard InChI is InChI=1S/C10H18O/c11-10-8-6-4-2-1-3-5-7-9-10/h6,8,10-11H,1-5,7,9H2/b8-6+. The molecule has 0 saturated carbocycles. The summed E-state index contributed by atoms with van der Waals surface area (Å²) in [5.41, 5.74) is 0. The van der Waals surface area contributed by atoms with Crippen LogP contribution in [0, 0.1) is 0 Å². The normalized spacial score (nSPS) is 31.2. The third-order valence-corrected chi connectivity index (χ3v) is 2.23. The Morgan fingerprint density at radius 3 is 2.64 bits per heavy atom. The quantitative estimate of drug-likeness (QED) is 0.532. The Labute approximate surface area is 69.1 Å². The fourth-order valence-corrected chi connectivity index (χ4v) is 1.50. The molecular formula is C10H18O. The van der Waals surface area contributed by atoms with Crippen LogP contribution in [0.15, 0.2) is 12.2 Å². The fourth-order valence-electron chi connectivity index (χ4n) is 1.50. The number of hydrogen-bond donors (Lipinski definition) is 1.